The summed E-state index contributed by atoms with van der Waals surface area (Å²) in [6.45, 7) is 4.05. The zero-order chi connectivity index (χ0) is 13.1. The van der Waals surface area contributed by atoms with Crippen LogP contribution in [0.25, 0.3) is 5.69 Å². The Balaban J connectivity index is 2.68. The Labute approximate surface area is 115 Å². The van der Waals surface area contributed by atoms with Crippen LogP contribution in [0.1, 0.15) is 35.6 Å². The van der Waals surface area contributed by atoms with Crippen LogP contribution in [0.2, 0.25) is 0 Å². The lowest BCUT2D eigenvalue weighted by molar-refractivity contribution is 0.112. The molecule has 1 heterocycles. The van der Waals surface area contributed by atoms with Crippen LogP contribution < -0.4 is 0 Å². The van der Waals surface area contributed by atoms with Crippen LogP contribution in [-0.4, -0.2) is 16.1 Å². The van der Waals surface area contributed by atoms with Crippen molar-refractivity contribution < 1.29 is 4.79 Å². The van der Waals surface area contributed by atoms with E-state index in [-0.39, 0.29) is 0 Å². The molecule has 0 amide bonds. The first-order valence-electron chi connectivity index (χ1n) is 6.03. The van der Waals surface area contributed by atoms with E-state index in [1.54, 1.807) is 0 Å². The Kier molecular flexibility index (Phi) is 3.97. The average Bonchev–Trinajstić information content (AvgIpc) is 2.76. The fourth-order valence-electron chi connectivity index (χ4n) is 2.08. The number of aryl methyl sites for hydroxylation is 1. The second kappa shape index (κ2) is 5.48. The normalized spacial score (nSPS) is 10.6. The van der Waals surface area contributed by atoms with E-state index < -0.39 is 0 Å². The molecule has 0 unspecified atom stereocenters. The van der Waals surface area contributed by atoms with Gasteiger partial charge in [-0.15, -0.1) is 0 Å². The van der Waals surface area contributed by atoms with Crippen molar-refractivity contribution in [3.05, 3.63) is 45.7 Å². The van der Waals surface area contributed by atoms with E-state index in [2.05, 4.69) is 21.0 Å². The highest BCUT2D eigenvalue weighted by molar-refractivity contribution is 9.10. The second-order valence-corrected chi connectivity index (χ2v) is 4.85. The molecule has 94 valence electrons. The van der Waals surface area contributed by atoms with Gasteiger partial charge >= 0.3 is 0 Å². The maximum absolute atomic E-state index is 11.2. The highest BCUT2D eigenvalue weighted by Crippen LogP contribution is 2.24. The van der Waals surface area contributed by atoms with Gasteiger partial charge in [0.25, 0.3) is 0 Å². The molecule has 0 bridgehead atoms. The molecule has 0 atom stereocenters. The maximum Gasteiger partial charge on any atom is 0.153 e. The minimum Gasteiger partial charge on any atom is -0.298 e. The number of benzene rings is 1. The lowest BCUT2D eigenvalue weighted by Gasteiger charge is -2.08. The fourth-order valence-corrected chi connectivity index (χ4v) is 2.53. The van der Waals surface area contributed by atoms with E-state index in [9.17, 15) is 4.79 Å². The van der Waals surface area contributed by atoms with Crippen LogP contribution in [0.15, 0.2) is 28.7 Å². The molecule has 2 aromatic rings. The van der Waals surface area contributed by atoms with Crippen molar-refractivity contribution in [1.82, 2.24) is 9.78 Å². The predicted molar refractivity (Wildman–Crippen MR) is 75.4 cm³/mol. The van der Waals surface area contributed by atoms with Crippen molar-refractivity contribution in [3.63, 3.8) is 0 Å². The Morgan fingerprint density at radius 1 is 1.28 bits per heavy atom. The van der Waals surface area contributed by atoms with Gasteiger partial charge in [-0.2, -0.15) is 5.10 Å². The van der Waals surface area contributed by atoms with Gasteiger partial charge in [-0.3, -0.25) is 4.79 Å². The van der Waals surface area contributed by atoms with Crippen LogP contribution in [0.4, 0.5) is 0 Å². The molecule has 0 saturated carbocycles. The third-order valence-electron chi connectivity index (χ3n) is 2.97. The number of hydrogen-bond acceptors (Lipinski definition) is 2. The Morgan fingerprint density at radius 2 is 2.00 bits per heavy atom. The van der Waals surface area contributed by atoms with Crippen molar-refractivity contribution >= 4 is 22.2 Å². The predicted octanol–water partition coefficient (Wildman–Crippen LogP) is 3.57. The maximum atomic E-state index is 11.2. The Bertz CT molecular complexity index is 575. The molecule has 0 radical (unpaired) electrons. The number of para-hydroxylation sites is 1. The summed E-state index contributed by atoms with van der Waals surface area (Å²) in [4.78, 5) is 11.2. The SMILES string of the molecule is CCc1nn(-c2ccccc2Br)c(CC)c1C=O. The molecule has 1 aromatic heterocycles. The summed E-state index contributed by atoms with van der Waals surface area (Å²) in [5, 5.41) is 4.56. The number of carbonyl (C=O) groups is 1. The zero-order valence-electron chi connectivity index (χ0n) is 10.5. The number of carbonyl (C=O) groups excluding carboxylic acids is 1. The lowest BCUT2D eigenvalue weighted by atomic mass is 10.1. The second-order valence-electron chi connectivity index (χ2n) is 4.00. The molecule has 18 heavy (non-hydrogen) atoms. The highest BCUT2D eigenvalue weighted by Gasteiger charge is 2.16. The highest BCUT2D eigenvalue weighted by atomic mass is 79.9. The van der Waals surface area contributed by atoms with Crippen LogP contribution >= 0.6 is 15.9 Å². The molecule has 0 aliphatic heterocycles. The van der Waals surface area contributed by atoms with Crippen molar-refractivity contribution in [2.24, 2.45) is 0 Å². The minimum absolute atomic E-state index is 0.732. The molecule has 1 aromatic carbocycles. The minimum atomic E-state index is 0.732. The summed E-state index contributed by atoms with van der Waals surface area (Å²) in [7, 11) is 0. The molecule has 0 spiro atoms. The van der Waals surface area contributed by atoms with Crippen molar-refractivity contribution in [1.29, 1.82) is 0 Å². The third kappa shape index (κ3) is 2.12. The van der Waals surface area contributed by atoms with E-state index in [0.717, 1.165) is 46.2 Å². The van der Waals surface area contributed by atoms with Gasteiger partial charge in [0, 0.05) is 4.47 Å². The molecule has 3 nitrogen and oxygen atoms in total. The van der Waals surface area contributed by atoms with E-state index in [0.29, 0.717) is 0 Å². The first-order chi connectivity index (χ1) is 8.72. The van der Waals surface area contributed by atoms with Gasteiger partial charge in [-0.25, -0.2) is 4.68 Å². The van der Waals surface area contributed by atoms with Crippen LogP contribution in [-0.2, 0) is 12.8 Å². The van der Waals surface area contributed by atoms with Gasteiger partial charge in [-0.05, 0) is 40.9 Å². The summed E-state index contributed by atoms with van der Waals surface area (Å²) in [5.74, 6) is 0. The van der Waals surface area contributed by atoms with E-state index in [1.807, 2.05) is 42.8 Å². The fraction of sp³-hybridized carbons (Fsp3) is 0.286. The third-order valence-corrected chi connectivity index (χ3v) is 3.64. The zero-order valence-corrected chi connectivity index (χ0v) is 12.1. The van der Waals surface area contributed by atoms with Gasteiger partial charge in [0.15, 0.2) is 6.29 Å². The average molecular weight is 307 g/mol. The molecule has 0 fully saturated rings. The quantitative estimate of drug-likeness (QED) is 0.809. The van der Waals surface area contributed by atoms with Gasteiger partial charge in [0.1, 0.15) is 0 Å². The number of halogens is 1. The molecular weight excluding hydrogens is 292 g/mol. The van der Waals surface area contributed by atoms with Crippen molar-refractivity contribution in [3.8, 4) is 5.69 Å². The first-order valence-corrected chi connectivity index (χ1v) is 6.83. The number of aldehydes is 1. The molecular formula is C14H15BrN2O. The number of rotatable bonds is 4. The number of aromatic nitrogens is 2. The van der Waals surface area contributed by atoms with Gasteiger partial charge in [0.05, 0.1) is 22.6 Å². The summed E-state index contributed by atoms with van der Waals surface area (Å²) in [6.07, 6.45) is 2.46. The molecule has 0 aliphatic rings. The summed E-state index contributed by atoms with van der Waals surface area (Å²) in [5.41, 5.74) is 3.53. The van der Waals surface area contributed by atoms with E-state index >= 15 is 0 Å². The Hall–Kier alpha value is -1.42. The van der Waals surface area contributed by atoms with Crippen LogP contribution in [0.3, 0.4) is 0 Å². The molecule has 0 N–H and O–H groups in total. The standard InChI is InChI=1S/C14H15BrN2O/c1-3-12-10(9-18)13(4-2)17(16-12)14-8-6-5-7-11(14)15/h5-9H,3-4H2,1-2H3. The summed E-state index contributed by atoms with van der Waals surface area (Å²) in [6, 6.07) is 7.89. The Morgan fingerprint density at radius 3 is 2.56 bits per heavy atom. The van der Waals surface area contributed by atoms with E-state index in [1.165, 1.54) is 0 Å². The van der Waals surface area contributed by atoms with Crippen LogP contribution in [0, 0.1) is 0 Å². The largest absolute Gasteiger partial charge is 0.298 e. The molecule has 2 rings (SSSR count). The van der Waals surface area contributed by atoms with Gasteiger partial charge in [0.2, 0.25) is 0 Å². The summed E-state index contributed by atoms with van der Waals surface area (Å²) < 4.78 is 2.84. The van der Waals surface area contributed by atoms with Gasteiger partial charge in [-0.1, -0.05) is 26.0 Å². The number of nitrogens with zero attached hydrogens (tertiary/aromatic N) is 2. The number of hydrogen-bond donors (Lipinski definition) is 0. The van der Waals surface area contributed by atoms with Crippen molar-refractivity contribution in [2.75, 3.05) is 0 Å². The summed E-state index contributed by atoms with van der Waals surface area (Å²) >= 11 is 3.52. The molecule has 0 saturated heterocycles. The van der Waals surface area contributed by atoms with E-state index in [4.69, 9.17) is 0 Å². The smallest absolute Gasteiger partial charge is 0.153 e. The lowest BCUT2D eigenvalue weighted by Crippen LogP contribution is -2.03. The van der Waals surface area contributed by atoms with Crippen LogP contribution in [0.5, 0.6) is 0 Å². The van der Waals surface area contributed by atoms with Gasteiger partial charge < -0.3 is 0 Å². The molecule has 0 aliphatic carbocycles. The topological polar surface area (TPSA) is 34.9 Å². The monoisotopic (exact) mass is 306 g/mol. The molecule has 4 heteroatoms. The first kappa shape index (κ1) is 13.0. The van der Waals surface area contributed by atoms with Crippen molar-refractivity contribution in [2.45, 2.75) is 26.7 Å².